The molecule has 0 saturated carbocycles. The number of carbonyl (C=O) groups is 3. The highest BCUT2D eigenvalue weighted by molar-refractivity contribution is 6.02. The van der Waals surface area contributed by atoms with Crippen molar-refractivity contribution >= 4 is 23.3 Å². The number of Topliss-reactive ketones (excluding diaryl/α,β-unsaturated/α-hetero) is 1. The molecule has 2 amide bonds. The van der Waals surface area contributed by atoms with Crippen LogP contribution in [0, 0.1) is 5.92 Å². The number of anilines is 1. The Kier molecular flexibility index (Phi) is 8.68. The Hall–Kier alpha value is -3.35. The first kappa shape index (κ1) is 25.3. The van der Waals surface area contributed by atoms with Gasteiger partial charge in [0, 0.05) is 25.1 Å². The molecule has 0 aromatic heterocycles. The minimum Gasteiger partial charge on any atom is -0.485 e. The quantitative estimate of drug-likeness (QED) is 0.498. The molecule has 0 unspecified atom stereocenters. The molecule has 0 bridgehead atoms. The maximum absolute atomic E-state index is 12.8. The van der Waals surface area contributed by atoms with E-state index in [1.807, 2.05) is 38.1 Å². The molecule has 7 nitrogen and oxygen atoms in total. The highest BCUT2D eigenvalue weighted by Gasteiger charge is 2.26. The average molecular weight is 467 g/mol. The smallest absolute Gasteiger partial charge is 0.265 e. The van der Waals surface area contributed by atoms with Crippen LogP contribution in [0.15, 0.2) is 42.5 Å². The van der Waals surface area contributed by atoms with Crippen molar-refractivity contribution in [2.24, 2.45) is 5.92 Å². The molecule has 0 atom stereocenters. The first-order valence-corrected chi connectivity index (χ1v) is 11.8. The van der Waals surface area contributed by atoms with Gasteiger partial charge in [0.1, 0.15) is 11.5 Å². The first-order valence-electron chi connectivity index (χ1n) is 11.8. The topological polar surface area (TPSA) is 84.9 Å². The molecule has 2 aromatic rings. The van der Waals surface area contributed by atoms with E-state index in [4.69, 9.17) is 9.47 Å². The van der Waals surface area contributed by atoms with Crippen molar-refractivity contribution in [2.75, 3.05) is 31.2 Å². The Morgan fingerprint density at radius 3 is 2.65 bits per heavy atom. The van der Waals surface area contributed by atoms with E-state index in [9.17, 15) is 14.4 Å². The average Bonchev–Trinajstić information content (AvgIpc) is 2.82. The number of benzene rings is 2. The SMILES string of the molecule is CC(C)CNC(=O)CCCN1C(=O)COc2ccc(C(=O)COc3cccc(C(C)C)c3)cc21. The van der Waals surface area contributed by atoms with Crippen molar-refractivity contribution in [1.82, 2.24) is 5.32 Å². The summed E-state index contributed by atoms with van der Waals surface area (Å²) in [5.41, 5.74) is 2.13. The molecule has 0 spiro atoms. The highest BCUT2D eigenvalue weighted by Crippen LogP contribution is 2.33. The van der Waals surface area contributed by atoms with Crippen molar-refractivity contribution in [3.63, 3.8) is 0 Å². The van der Waals surface area contributed by atoms with Crippen LogP contribution in [-0.2, 0) is 9.59 Å². The number of nitrogens with zero attached hydrogens (tertiary/aromatic N) is 1. The van der Waals surface area contributed by atoms with Crippen LogP contribution >= 0.6 is 0 Å². The van der Waals surface area contributed by atoms with Gasteiger partial charge in [0.2, 0.25) is 5.91 Å². The van der Waals surface area contributed by atoms with Gasteiger partial charge >= 0.3 is 0 Å². The maximum Gasteiger partial charge on any atom is 0.265 e. The van der Waals surface area contributed by atoms with Crippen molar-refractivity contribution in [2.45, 2.75) is 46.5 Å². The van der Waals surface area contributed by atoms with Gasteiger partial charge in [-0.25, -0.2) is 0 Å². The number of fused-ring (bicyclic) bond motifs is 1. The van der Waals surface area contributed by atoms with Crippen molar-refractivity contribution in [3.05, 3.63) is 53.6 Å². The van der Waals surface area contributed by atoms with Crippen LogP contribution in [0.5, 0.6) is 11.5 Å². The normalized spacial score (nSPS) is 13.0. The van der Waals surface area contributed by atoms with Crippen molar-refractivity contribution in [1.29, 1.82) is 0 Å². The van der Waals surface area contributed by atoms with Gasteiger partial charge in [0.05, 0.1) is 5.69 Å². The maximum atomic E-state index is 12.8. The fourth-order valence-electron chi connectivity index (χ4n) is 3.62. The first-order chi connectivity index (χ1) is 16.2. The third-order valence-corrected chi connectivity index (χ3v) is 5.61. The molecule has 1 aliphatic rings. The van der Waals surface area contributed by atoms with E-state index in [-0.39, 0.29) is 30.8 Å². The highest BCUT2D eigenvalue weighted by atomic mass is 16.5. The lowest BCUT2D eigenvalue weighted by molar-refractivity contribution is -0.122. The number of hydrogen-bond donors (Lipinski definition) is 1. The van der Waals surface area contributed by atoms with Crippen LogP contribution in [0.4, 0.5) is 5.69 Å². The zero-order valence-electron chi connectivity index (χ0n) is 20.4. The van der Waals surface area contributed by atoms with Crippen LogP contribution in [0.2, 0.25) is 0 Å². The molecule has 0 saturated heterocycles. The zero-order valence-corrected chi connectivity index (χ0v) is 20.4. The summed E-state index contributed by atoms with van der Waals surface area (Å²) in [6.45, 7) is 9.12. The molecule has 3 rings (SSSR count). The predicted molar refractivity (Wildman–Crippen MR) is 132 cm³/mol. The number of ether oxygens (including phenoxy) is 2. The lowest BCUT2D eigenvalue weighted by Crippen LogP contribution is -2.40. The molecule has 1 N–H and O–H groups in total. The largest absolute Gasteiger partial charge is 0.485 e. The Morgan fingerprint density at radius 1 is 1.12 bits per heavy atom. The number of rotatable bonds is 11. The number of carbonyl (C=O) groups excluding carboxylic acids is 3. The van der Waals surface area contributed by atoms with E-state index in [1.165, 1.54) is 0 Å². The number of hydrogen-bond acceptors (Lipinski definition) is 5. The van der Waals surface area contributed by atoms with Gasteiger partial charge in [-0.1, -0.05) is 39.8 Å². The summed E-state index contributed by atoms with van der Waals surface area (Å²) in [5.74, 6) is 1.53. The summed E-state index contributed by atoms with van der Waals surface area (Å²) in [4.78, 5) is 38.9. The molecule has 1 heterocycles. The third-order valence-electron chi connectivity index (χ3n) is 5.61. The van der Waals surface area contributed by atoms with Gasteiger partial charge in [0.25, 0.3) is 5.91 Å². The summed E-state index contributed by atoms with van der Waals surface area (Å²) in [6.07, 6.45) is 0.844. The summed E-state index contributed by atoms with van der Waals surface area (Å²) in [5, 5.41) is 2.89. The predicted octanol–water partition coefficient (Wildman–Crippen LogP) is 4.35. The lowest BCUT2D eigenvalue weighted by atomic mass is 10.0. The van der Waals surface area contributed by atoms with Crippen LogP contribution in [0.25, 0.3) is 0 Å². The van der Waals surface area contributed by atoms with Crippen LogP contribution < -0.4 is 19.7 Å². The molecule has 7 heteroatoms. The van der Waals surface area contributed by atoms with E-state index < -0.39 is 0 Å². The molecule has 0 radical (unpaired) electrons. The molecule has 182 valence electrons. The number of nitrogens with one attached hydrogen (secondary N) is 1. The minimum absolute atomic E-state index is 0.0303. The summed E-state index contributed by atoms with van der Waals surface area (Å²) < 4.78 is 11.3. The summed E-state index contributed by atoms with van der Waals surface area (Å²) in [6, 6.07) is 12.8. The molecule has 34 heavy (non-hydrogen) atoms. The lowest BCUT2D eigenvalue weighted by Gasteiger charge is -2.29. The van der Waals surface area contributed by atoms with Crippen LogP contribution in [0.3, 0.4) is 0 Å². The Labute approximate surface area is 201 Å². The van der Waals surface area contributed by atoms with E-state index in [0.717, 1.165) is 5.56 Å². The molecular formula is C27H34N2O5. The minimum atomic E-state index is -0.193. The number of amides is 2. The summed E-state index contributed by atoms with van der Waals surface area (Å²) >= 11 is 0. The molecule has 0 aliphatic carbocycles. The Morgan fingerprint density at radius 2 is 1.91 bits per heavy atom. The second-order valence-electron chi connectivity index (χ2n) is 9.26. The molecule has 0 fully saturated rings. The van der Waals surface area contributed by atoms with Crippen LogP contribution in [-0.4, -0.2) is 43.9 Å². The van der Waals surface area contributed by atoms with Crippen molar-refractivity contribution < 1.29 is 23.9 Å². The van der Waals surface area contributed by atoms with Gasteiger partial charge in [-0.05, 0) is 54.2 Å². The third kappa shape index (κ3) is 6.83. The van der Waals surface area contributed by atoms with Crippen LogP contribution in [0.1, 0.15) is 62.4 Å². The van der Waals surface area contributed by atoms with E-state index in [2.05, 4.69) is 19.2 Å². The van der Waals surface area contributed by atoms with Gasteiger partial charge in [0.15, 0.2) is 19.0 Å². The van der Waals surface area contributed by atoms with Gasteiger partial charge in [-0.3, -0.25) is 14.4 Å². The fourth-order valence-corrected chi connectivity index (χ4v) is 3.62. The van der Waals surface area contributed by atoms with Gasteiger partial charge in [-0.15, -0.1) is 0 Å². The molecular weight excluding hydrogens is 432 g/mol. The Balaban J connectivity index is 1.64. The summed E-state index contributed by atoms with van der Waals surface area (Å²) in [7, 11) is 0. The molecule has 2 aromatic carbocycles. The van der Waals surface area contributed by atoms with E-state index in [0.29, 0.717) is 60.5 Å². The molecule has 1 aliphatic heterocycles. The fraction of sp³-hybridized carbons (Fsp3) is 0.444. The van der Waals surface area contributed by atoms with Gasteiger partial charge < -0.3 is 19.7 Å². The monoisotopic (exact) mass is 466 g/mol. The zero-order chi connectivity index (χ0) is 24.7. The Bertz CT molecular complexity index is 1030. The number of ketones is 1. The van der Waals surface area contributed by atoms with E-state index in [1.54, 1.807) is 23.1 Å². The van der Waals surface area contributed by atoms with E-state index >= 15 is 0 Å². The van der Waals surface area contributed by atoms with Crippen molar-refractivity contribution in [3.8, 4) is 11.5 Å². The second kappa shape index (κ2) is 11.7. The van der Waals surface area contributed by atoms with Gasteiger partial charge in [-0.2, -0.15) is 0 Å². The standard InChI is InChI=1S/C27H34N2O5/c1-18(2)15-28-26(31)9-6-12-29-23-14-21(10-11-25(23)34-17-27(29)32)24(30)16-33-22-8-5-7-20(13-22)19(3)4/h5,7-8,10-11,13-14,18-19H,6,9,12,15-17H2,1-4H3,(H,28,31). The second-order valence-corrected chi connectivity index (χ2v) is 9.26.